The number of methoxy groups -OCH3 is 2. The quantitative estimate of drug-likeness (QED) is 0.541. The van der Waals surface area contributed by atoms with E-state index in [1.165, 1.54) is 6.07 Å². The minimum absolute atomic E-state index is 0.0202. The molecule has 0 radical (unpaired) electrons. The van der Waals surface area contributed by atoms with Crippen LogP contribution in [0.4, 0.5) is 5.69 Å². The van der Waals surface area contributed by atoms with Gasteiger partial charge in [0.1, 0.15) is 17.0 Å². The van der Waals surface area contributed by atoms with Gasteiger partial charge in [-0.2, -0.15) is 0 Å². The van der Waals surface area contributed by atoms with E-state index in [4.69, 9.17) is 9.47 Å². The van der Waals surface area contributed by atoms with Gasteiger partial charge >= 0.3 is 0 Å². The standard InChI is InChI=1S/C17H14N2O4/c1-22-12-9-11-7-8-14(18-17(11)16(10-12)23-2)13-5-3-4-6-15(13)19(20)21/h3-10H,1-2H3. The van der Waals surface area contributed by atoms with Crippen LogP contribution in [-0.4, -0.2) is 24.1 Å². The zero-order chi connectivity index (χ0) is 16.4. The first-order valence-electron chi connectivity index (χ1n) is 6.90. The van der Waals surface area contributed by atoms with Crippen LogP contribution in [0.2, 0.25) is 0 Å². The molecule has 23 heavy (non-hydrogen) atoms. The van der Waals surface area contributed by atoms with E-state index in [2.05, 4.69) is 4.98 Å². The Kier molecular flexibility index (Phi) is 3.80. The monoisotopic (exact) mass is 310 g/mol. The molecule has 0 saturated heterocycles. The van der Waals surface area contributed by atoms with Crippen LogP contribution in [0, 0.1) is 10.1 Å². The molecule has 3 rings (SSSR count). The maximum absolute atomic E-state index is 11.2. The second-order valence-electron chi connectivity index (χ2n) is 4.87. The van der Waals surface area contributed by atoms with E-state index in [-0.39, 0.29) is 5.69 Å². The molecule has 6 heteroatoms. The molecule has 0 saturated carbocycles. The number of rotatable bonds is 4. The summed E-state index contributed by atoms with van der Waals surface area (Å²) >= 11 is 0. The first kappa shape index (κ1) is 14.8. The average Bonchev–Trinajstić information content (AvgIpc) is 2.60. The SMILES string of the molecule is COc1cc(OC)c2nc(-c3ccccc3[N+](=O)[O-])ccc2c1. The lowest BCUT2D eigenvalue weighted by molar-refractivity contribution is -0.384. The van der Waals surface area contributed by atoms with Crippen molar-refractivity contribution in [1.82, 2.24) is 4.98 Å². The van der Waals surface area contributed by atoms with E-state index in [0.717, 1.165) is 5.39 Å². The Hall–Kier alpha value is -3.15. The minimum Gasteiger partial charge on any atom is -0.497 e. The molecule has 0 spiro atoms. The molecule has 0 N–H and O–H groups in total. The van der Waals surface area contributed by atoms with E-state index in [1.807, 2.05) is 12.1 Å². The van der Waals surface area contributed by atoms with Gasteiger partial charge < -0.3 is 9.47 Å². The van der Waals surface area contributed by atoms with Gasteiger partial charge in [0.25, 0.3) is 5.69 Å². The van der Waals surface area contributed by atoms with Gasteiger partial charge in [-0.25, -0.2) is 4.98 Å². The van der Waals surface area contributed by atoms with Crippen LogP contribution in [0.5, 0.6) is 11.5 Å². The lowest BCUT2D eigenvalue weighted by Crippen LogP contribution is -1.95. The third-order valence-electron chi connectivity index (χ3n) is 3.56. The van der Waals surface area contributed by atoms with Crippen molar-refractivity contribution in [2.75, 3.05) is 14.2 Å². The van der Waals surface area contributed by atoms with Gasteiger partial charge in [0.15, 0.2) is 0 Å². The Bertz CT molecular complexity index is 893. The Morgan fingerprint density at radius 1 is 1.04 bits per heavy atom. The van der Waals surface area contributed by atoms with Crippen molar-refractivity contribution in [3.8, 4) is 22.8 Å². The summed E-state index contributed by atoms with van der Waals surface area (Å²) in [7, 11) is 3.13. The number of nitro benzene ring substituents is 1. The lowest BCUT2D eigenvalue weighted by Gasteiger charge is -2.10. The molecule has 2 aromatic carbocycles. The van der Waals surface area contributed by atoms with Crippen LogP contribution >= 0.6 is 0 Å². The van der Waals surface area contributed by atoms with Gasteiger partial charge in [0, 0.05) is 17.5 Å². The molecule has 0 aliphatic carbocycles. The van der Waals surface area contributed by atoms with Crippen molar-refractivity contribution in [3.63, 3.8) is 0 Å². The number of pyridine rings is 1. The molecular formula is C17H14N2O4. The molecule has 116 valence electrons. The summed E-state index contributed by atoms with van der Waals surface area (Å²) in [6.45, 7) is 0. The number of hydrogen-bond acceptors (Lipinski definition) is 5. The fourth-order valence-electron chi connectivity index (χ4n) is 2.45. The fourth-order valence-corrected chi connectivity index (χ4v) is 2.45. The maximum atomic E-state index is 11.2. The highest BCUT2D eigenvalue weighted by Gasteiger charge is 2.16. The molecule has 0 aliphatic heterocycles. The highest BCUT2D eigenvalue weighted by atomic mass is 16.6. The molecule has 0 amide bonds. The zero-order valence-corrected chi connectivity index (χ0v) is 12.6. The first-order valence-corrected chi connectivity index (χ1v) is 6.90. The number of para-hydroxylation sites is 1. The number of ether oxygens (including phenoxy) is 2. The number of benzene rings is 2. The molecular weight excluding hydrogens is 296 g/mol. The normalized spacial score (nSPS) is 10.5. The van der Waals surface area contributed by atoms with E-state index >= 15 is 0 Å². The summed E-state index contributed by atoms with van der Waals surface area (Å²) < 4.78 is 10.6. The lowest BCUT2D eigenvalue weighted by atomic mass is 10.1. The topological polar surface area (TPSA) is 74.5 Å². The second-order valence-corrected chi connectivity index (χ2v) is 4.87. The highest BCUT2D eigenvalue weighted by Crippen LogP contribution is 2.34. The van der Waals surface area contributed by atoms with Crippen molar-refractivity contribution in [2.45, 2.75) is 0 Å². The molecule has 0 atom stereocenters. The van der Waals surface area contributed by atoms with Gasteiger partial charge in [-0.3, -0.25) is 10.1 Å². The van der Waals surface area contributed by atoms with Crippen LogP contribution in [0.15, 0.2) is 48.5 Å². The number of fused-ring (bicyclic) bond motifs is 1. The molecule has 1 heterocycles. The summed E-state index contributed by atoms with van der Waals surface area (Å²) in [6.07, 6.45) is 0. The molecule has 0 aliphatic rings. The zero-order valence-electron chi connectivity index (χ0n) is 12.6. The third-order valence-corrected chi connectivity index (χ3v) is 3.56. The summed E-state index contributed by atoms with van der Waals surface area (Å²) in [5.74, 6) is 1.22. The minimum atomic E-state index is -0.410. The van der Waals surface area contributed by atoms with Crippen LogP contribution in [0.3, 0.4) is 0 Å². The molecule has 6 nitrogen and oxygen atoms in total. The Morgan fingerprint density at radius 3 is 2.52 bits per heavy atom. The number of hydrogen-bond donors (Lipinski definition) is 0. The number of nitrogens with zero attached hydrogens (tertiary/aromatic N) is 2. The highest BCUT2D eigenvalue weighted by molar-refractivity contribution is 5.89. The molecule has 0 bridgehead atoms. The summed E-state index contributed by atoms with van der Waals surface area (Å²) in [5.41, 5.74) is 1.64. The van der Waals surface area contributed by atoms with Gasteiger partial charge in [-0.1, -0.05) is 18.2 Å². The first-order chi connectivity index (χ1) is 11.1. The van der Waals surface area contributed by atoms with E-state index in [9.17, 15) is 10.1 Å². The second kappa shape index (κ2) is 5.92. The van der Waals surface area contributed by atoms with E-state index in [0.29, 0.717) is 28.3 Å². The van der Waals surface area contributed by atoms with Crippen molar-refractivity contribution in [3.05, 3.63) is 58.6 Å². The molecule has 0 fully saturated rings. The van der Waals surface area contributed by atoms with E-state index in [1.54, 1.807) is 44.6 Å². The summed E-state index contributed by atoms with van der Waals surface area (Å²) in [6, 6.07) is 13.7. The average molecular weight is 310 g/mol. The summed E-state index contributed by atoms with van der Waals surface area (Å²) in [4.78, 5) is 15.3. The van der Waals surface area contributed by atoms with Crippen LogP contribution < -0.4 is 9.47 Å². The van der Waals surface area contributed by atoms with Gasteiger partial charge in [-0.15, -0.1) is 0 Å². The van der Waals surface area contributed by atoms with Crippen molar-refractivity contribution < 1.29 is 14.4 Å². The Labute approximate surface area is 132 Å². The number of nitro groups is 1. The van der Waals surface area contributed by atoms with Gasteiger partial charge in [0.05, 0.1) is 30.4 Å². The molecule has 1 aromatic heterocycles. The third kappa shape index (κ3) is 2.66. The van der Waals surface area contributed by atoms with E-state index < -0.39 is 4.92 Å². The number of aromatic nitrogens is 1. The van der Waals surface area contributed by atoms with Gasteiger partial charge in [-0.05, 0) is 18.2 Å². The largest absolute Gasteiger partial charge is 0.497 e. The van der Waals surface area contributed by atoms with Crippen molar-refractivity contribution in [1.29, 1.82) is 0 Å². The fraction of sp³-hybridized carbons (Fsp3) is 0.118. The smallest absolute Gasteiger partial charge is 0.278 e. The van der Waals surface area contributed by atoms with Crippen LogP contribution in [-0.2, 0) is 0 Å². The van der Waals surface area contributed by atoms with Crippen molar-refractivity contribution in [2.24, 2.45) is 0 Å². The van der Waals surface area contributed by atoms with Crippen molar-refractivity contribution >= 4 is 16.6 Å². The molecule has 0 unspecified atom stereocenters. The van der Waals surface area contributed by atoms with Crippen LogP contribution in [0.1, 0.15) is 0 Å². The predicted octanol–water partition coefficient (Wildman–Crippen LogP) is 3.83. The summed E-state index contributed by atoms with van der Waals surface area (Å²) in [5, 5.41) is 12.0. The van der Waals surface area contributed by atoms with Gasteiger partial charge in [0.2, 0.25) is 0 Å². The molecule has 3 aromatic rings. The maximum Gasteiger partial charge on any atom is 0.278 e. The van der Waals surface area contributed by atoms with Crippen LogP contribution in [0.25, 0.3) is 22.2 Å². The Morgan fingerprint density at radius 2 is 1.83 bits per heavy atom. The predicted molar refractivity (Wildman–Crippen MR) is 86.9 cm³/mol. The Balaban J connectivity index is 2.23.